The van der Waals surface area contributed by atoms with Crippen molar-refractivity contribution >= 4 is 28.2 Å². The fraction of sp³-hybridized carbons (Fsp3) is 0.118. The van der Waals surface area contributed by atoms with Crippen molar-refractivity contribution in [3.05, 3.63) is 74.9 Å². The second kappa shape index (κ2) is 6.22. The number of pyridine rings is 1. The Kier molecular flexibility index (Phi) is 4.12. The van der Waals surface area contributed by atoms with Gasteiger partial charge >= 0.3 is 0 Å². The third kappa shape index (κ3) is 3.24. The number of nitro benzene ring substituents is 1. The normalized spacial score (nSPS) is 10.7. The maximum absolute atomic E-state index is 10.8. The summed E-state index contributed by atoms with van der Waals surface area (Å²) in [7, 11) is 0. The van der Waals surface area contributed by atoms with Crippen molar-refractivity contribution in [2.45, 2.75) is 13.5 Å². The van der Waals surface area contributed by atoms with Gasteiger partial charge in [0.15, 0.2) is 0 Å². The highest BCUT2D eigenvalue weighted by Crippen LogP contribution is 2.25. The molecule has 0 spiro atoms. The Morgan fingerprint density at radius 1 is 1.22 bits per heavy atom. The van der Waals surface area contributed by atoms with Crippen molar-refractivity contribution in [2.24, 2.45) is 0 Å². The highest BCUT2D eigenvalue weighted by atomic mass is 35.5. The number of fused-ring (bicyclic) bond motifs is 1. The second-order valence-corrected chi connectivity index (χ2v) is 5.48. The van der Waals surface area contributed by atoms with Gasteiger partial charge in [-0.2, -0.15) is 0 Å². The van der Waals surface area contributed by atoms with Gasteiger partial charge in [-0.1, -0.05) is 29.8 Å². The van der Waals surface area contributed by atoms with E-state index in [-0.39, 0.29) is 12.3 Å². The van der Waals surface area contributed by atoms with E-state index in [1.807, 2.05) is 30.3 Å². The minimum absolute atomic E-state index is 0.0720. The first-order valence-electron chi connectivity index (χ1n) is 6.96. The molecule has 116 valence electrons. The largest absolute Gasteiger partial charge is 0.489 e. The number of para-hydroxylation sites is 1. The summed E-state index contributed by atoms with van der Waals surface area (Å²) in [6.07, 6.45) is 0. The van der Waals surface area contributed by atoms with E-state index in [1.165, 1.54) is 6.07 Å². The Morgan fingerprint density at radius 3 is 2.74 bits per heavy atom. The van der Waals surface area contributed by atoms with Gasteiger partial charge in [0.05, 0.1) is 10.4 Å². The van der Waals surface area contributed by atoms with Crippen LogP contribution in [0.3, 0.4) is 0 Å². The van der Waals surface area contributed by atoms with Crippen LogP contribution in [0.5, 0.6) is 5.75 Å². The van der Waals surface area contributed by atoms with E-state index in [0.29, 0.717) is 16.5 Å². The summed E-state index contributed by atoms with van der Waals surface area (Å²) >= 11 is 6.19. The summed E-state index contributed by atoms with van der Waals surface area (Å²) in [5.74, 6) is 0.553. The minimum Gasteiger partial charge on any atom is -0.489 e. The highest BCUT2D eigenvalue weighted by Gasteiger charge is 2.11. The number of nitro groups is 1. The molecule has 3 aromatic rings. The number of halogens is 1. The van der Waals surface area contributed by atoms with Crippen LogP contribution in [0.25, 0.3) is 10.9 Å². The molecule has 0 N–H and O–H groups in total. The Bertz CT molecular complexity index is 896. The molecule has 1 aromatic heterocycles. The first-order valence-corrected chi connectivity index (χ1v) is 7.34. The lowest BCUT2D eigenvalue weighted by Crippen LogP contribution is -1.99. The molecular weight excluding hydrogens is 316 g/mol. The first kappa shape index (κ1) is 15.2. The average molecular weight is 329 g/mol. The van der Waals surface area contributed by atoms with Crippen LogP contribution in [0, 0.1) is 17.0 Å². The van der Waals surface area contributed by atoms with Crippen LogP contribution < -0.4 is 4.74 Å². The Balaban J connectivity index is 1.82. The number of rotatable bonds is 4. The van der Waals surface area contributed by atoms with E-state index < -0.39 is 4.92 Å². The quantitative estimate of drug-likeness (QED) is 0.396. The molecule has 5 nitrogen and oxygen atoms in total. The standard InChI is InChI=1S/C17H13ClN2O3/c1-11-8-14(6-7-16(11)20(21)22)23-10-13-9-12-4-2-3-5-15(12)19-17(13)18/h2-9H,10H2,1H3. The predicted octanol–water partition coefficient (Wildman–Crippen LogP) is 4.68. The van der Waals surface area contributed by atoms with E-state index in [0.717, 1.165) is 16.5 Å². The van der Waals surface area contributed by atoms with Crippen molar-refractivity contribution in [2.75, 3.05) is 0 Å². The molecule has 0 aliphatic rings. The van der Waals surface area contributed by atoms with E-state index in [1.54, 1.807) is 19.1 Å². The van der Waals surface area contributed by atoms with Gasteiger partial charge in [-0.15, -0.1) is 0 Å². The van der Waals surface area contributed by atoms with Crippen LogP contribution in [0.2, 0.25) is 5.15 Å². The lowest BCUT2D eigenvalue weighted by atomic mass is 10.1. The summed E-state index contributed by atoms with van der Waals surface area (Å²) in [5.41, 5.74) is 2.21. The first-order chi connectivity index (χ1) is 11.0. The maximum Gasteiger partial charge on any atom is 0.272 e. The summed E-state index contributed by atoms with van der Waals surface area (Å²) in [6.45, 7) is 1.92. The van der Waals surface area contributed by atoms with Gasteiger partial charge in [-0.25, -0.2) is 4.98 Å². The summed E-state index contributed by atoms with van der Waals surface area (Å²) < 4.78 is 5.69. The van der Waals surface area contributed by atoms with Crippen LogP contribution in [-0.4, -0.2) is 9.91 Å². The Hall–Kier alpha value is -2.66. The van der Waals surface area contributed by atoms with E-state index in [2.05, 4.69) is 4.98 Å². The van der Waals surface area contributed by atoms with Crippen molar-refractivity contribution in [1.82, 2.24) is 4.98 Å². The average Bonchev–Trinajstić information content (AvgIpc) is 2.52. The molecule has 0 saturated heterocycles. The summed E-state index contributed by atoms with van der Waals surface area (Å²) in [6, 6.07) is 14.3. The van der Waals surface area contributed by atoms with Gasteiger partial charge in [0.1, 0.15) is 17.5 Å². The molecular formula is C17H13ClN2O3. The van der Waals surface area contributed by atoms with Crippen LogP contribution in [-0.2, 0) is 6.61 Å². The monoisotopic (exact) mass is 328 g/mol. The Morgan fingerprint density at radius 2 is 2.00 bits per heavy atom. The van der Waals surface area contributed by atoms with Crippen molar-refractivity contribution in [1.29, 1.82) is 0 Å². The number of aromatic nitrogens is 1. The molecule has 0 radical (unpaired) electrons. The van der Waals surface area contributed by atoms with E-state index >= 15 is 0 Å². The third-order valence-corrected chi connectivity index (χ3v) is 3.84. The molecule has 2 aromatic carbocycles. The topological polar surface area (TPSA) is 65.3 Å². The summed E-state index contributed by atoms with van der Waals surface area (Å²) in [4.78, 5) is 14.7. The lowest BCUT2D eigenvalue weighted by molar-refractivity contribution is -0.385. The fourth-order valence-corrected chi connectivity index (χ4v) is 2.52. The maximum atomic E-state index is 10.8. The van der Waals surface area contributed by atoms with Crippen molar-refractivity contribution in [3.8, 4) is 5.75 Å². The highest BCUT2D eigenvalue weighted by molar-refractivity contribution is 6.30. The second-order valence-electron chi connectivity index (χ2n) is 5.13. The van der Waals surface area contributed by atoms with E-state index in [4.69, 9.17) is 16.3 Å². The molecule has 6 heteroatoms. The van der Waals surface area contributed by atoms with Gasteiger partial charge in [-0.3, -0.25) is 10.1 Å². The Labute approximate surface area is 137 Å². The zero-order valence-corrected chi connectivity index (χ0v) is 13.1. The van der Waals surface area contributed by atoms with Crippen LogP contribution in [0.1, 0.15) is 11.1 Å². The molecule has 0 atom stereocenters. The minimum atomic E-state index is -0.413. The van der Waals surface area contributed by atoms with Crippen LogP contribution in [0.4, 0.5) is 5.69 Å². The number of benzene rings is 2. The molecule has 23 heavy (non-hydrogen) atoms. The molecule has 0 aliphatic heterocycles. The van der Waals surface area contributed by atoms with Gasteiger partial charge in [0.2, 0.25) is 0 Å². The zero-order chi connectivity index (χ0) is 16.4. The lowest BCUT2D eigenvalue weighted by Gasteiger charge is -2.09. The number of aryl methyl sites for hydroxylation is 1. The van der Waals surface area contributed by atoms with Crippen molar-refractivity contribution < 1.29 is 9.66 Å². The zero-order valence-electron chi connectivity index (χ0n) is 12.3. The van der Waals surface area contributed by atoms with Crippen LogP contribution >= 0.6 is 11.6 Å². The molecule has 0 saturated carbocycles. The molecule has 0 unspecified atom stereocenters. The fourth-order valence-electron chi connectivity index (χ4n) is 2.32. The van der Waals surface area contributed by atoms with Gasteiger partial charge in [-0.05, 0) is 31.2 Å². The van der Waals surface area contributed by atoms with Gasteiger partial charge in [0, 0.05) is 22.6 Å². The predicted molar refractivity (Wildman–Crippen MR) is 88.9 cm³/mol. The number of ether oxygens (including phenoxy) is 1. The third-order valence-electron chi connectivity index (χ3n) is 3.51. The molecule has 0 aliphatic carbocycles. The van der Waals surface area contributed by atoms with Crippen LogP contribution in [0.15, 0.2) is 48.5 Å². The molecule has 0 bridgehead atoms. The number of hydrogen-bond acceptors (Lipinski definition) is 4. The van der Waals surface area contributed by atoms with Gasteiger partial charge in [0.25, 0.3) is 5.69 Å². The molecule has 0 amide bonds. The number of nitrogens with zero attached hydrogens (tertiary/aromatic N) is 2. The molecule has 0 fully saturated rings. The molecule has 1 heterocycles. The smallest absolute Gasteiger partial charge is 0.272 e. The SMILES string of the molecule is Cc1cc(OCc2cc3ccccc3nc2Cl)ccc1[N+](=O)[O-]. The molecule has 3 rings (SSSR count). The van der Waals surface area contributed by atoms with Crippen molar-refractivity contribution in [3.63, 3.8) is 0 Å². The van der Waals surface area contributed by atoms with Gasteiger partial charge < -0.3 is 4.74 Å². The van der Waals surface area contributed by atoms with E-state index in [9.17, 15) is 10.1 Å². The summed E-state index contributed by atoms with van der Waals surface area (Å²) in [5, 5.41) is 12.2. The number of hydrogen-bond donors (Lipinski definition) is 0.